The number of hydrogen-bond acceptors (Lipinski definition) is 1. The molecular formula is C13H17ClFN. The van der Waals surface area contributed by atoms with E-state index in [1.54, 1.807) is 6.07 Å². The lowest BCUT2D eigenvalue weighted by atomic mass is 10.0. The Morgan fingerprint density at radius 3 is 2.50 bits per heavy atom. The maximum atomic E-state index is 13.3. The van der Waals surface area contributed by atoms with Gasteiger partial charge in [-0.3, -0.25) is 4.90 Å². The van der Waals surface area contributed by atoms with Crippen molar-refractivity contribution in [3.05, 3.63) is 34.6 Å². The van der Waals surface area contributed by atoms with Crippen LogP contribution in [-0.2, 0) is 0 Å². The zero-order chi connectivity index (χ0) is 11.5. The minimum atomic E-state index is -0.244. The quantitative estimate of drug-likeness (QED) is 0.756. The fourth-order valence-electron chi connectivity index (χ4n) is 2.33. The highest BCUT2D eigenvalue weighted by atomic mass is 35.5. The average Bonchev–Trinajstić information content (AvgIpc) is 2.28. The van der Waals surface area contributed by atoms with Crippen molar-refractivity contribution in [2.24, 2.45) is 0 Å². The van der Waals surface area contributed by atoms with Crippen LogP contribution in [0.25, 0.3) is 0 Å². The van der Waals surface area contributed by atoms with Crippen LogP contribution in [-0.4, -0.2) is 18.0 Å². The Bertz CT molecular complexity index is 341. The van der Waals surface area contributed by atoms with E-state index in [-0.39, 0.29) is 11.9 Å². The first-order valence-electron chi connectivity index (χ1n) is 5.87. The van der Waals surface area contributed by atoms with Gasteiger partial charge in [0.1, 0.15) is 5.82 Å². The summed E-state index contributed by atoms with van der Waals surface area (Å²) in [6.45, 7) is 4.33. The zero-order valence-electron chi connectivity index (χ0n) is 9.55. The van der Waals surface area contributed by atoms with E-state index in [2.05, 4.69) is 11.8 Å². The fourth-order valence-corrected chi connectivity index (χ4v) is 2.56. The Morgan fingerprint density at radius 1 is 1.19 bits per heavy atom. The van der Waals surface area contributed by atoms with Crippen molar-refractivity contribution in [2.45, 2.75) is 32.2 Å². The number of hydrogen-bond donors (Lipinski definition) is 0. The summed E-state index contributed by atoms with van der Waals surface area (Å²) in [7, 11) is 0. The van der Waals surface area contributed by atoms with Gasteiger partial charge < -0.3 is 0 Å². The molecule has 1 aliphatic heterocycles. The van der Waals surface area contributed by atoms with Crippen LogP contribution in [0.3, 0.4) is 0 Å². The van der Waals surface area contributed by atoms with E-state index in [9.17, 15) is 4.39 Å². The number of rotatable bonds is 2. The molecule has 1 aromatic carbocycles. The van der Waals surface area contributed by atoms with Gasteiger partial charge in [-0.1, -0.05) is 18.0 Å². The zero-order valence-corrected chi connectivity index (χ0v) is 10.3. The molecule has 1 unspecified atom stereocenters. The molecule has 1 fully saturated rings. The van der Waals surface area contributed by atoms with E-state index in [0.29, 0.717) is 5.02 Å². The maximum absolute atomic E-state index is 13.3. The fraction of sp³-hybridized carbons (Fsp3) is 0.538. The van der Waals surface area contributed by atoms with Crippen molar-refractivity contribution in [1.29, 1.82) is 0 Å². The SMILES string of the molecule is CC(c1cc(F)cc(Cl)c1)N1CCCCC1. The van der Waals surface area contributed by atoms with Gasteiger partial charge in [-0.2, -0.15) is 0 Å². The lowest BCUT2D eigenvalue weighted by molar-refractivity contribution is 0.174. The van der Waals surface area contributed by atoms with Gasteiger partial charge in [-0.25, -0.2) is 4.39 Å². The monoisotopic (exact) mass is 241 g/mol. The third-order valence-electron chi connectivity index (χ3n) is 3.31. The summed E-state index contributed by atoms with van der Waals surface area (Å²) >= 11 is 5.87. The molecule has 1 saturated heterocycles. The topological polar surface area (TPSA) is 3.24 Å². The molecule has 16 heavy (non-hydrogen) atoms. The van der Waals surface area contributed by atoms with Gasteiger partial charge in [0.05, 0.1) is 0 Å². The van der Waals surface area contributed by atoms with Gasteiger partial charge in [-0.15, -0.1) is 0 Å². The van der Waals surface area contributed by atoms with Crippen molar-refractivity contribution in [1.82, 2.24) is 4.90 Å². The van der Waals surface area contributed by atoms with Gasteiger partial charge in [0.15, 0.2) is 0 Å². The van der Waals surface area contributed by atoms with Crippen molar-refractivity contribution < 1.29 is 4.39 Å². The summed E-state index contributed by atoms with van der Waals surface area (Å²) in [5.74, 6) is -0.244. The second kappa shape index (κ2) is 5.15. The number of piperidine rings is 1. The van der Waals surface area contributed by atoms with Gasteiger partial charge in [-0.05, 0) is 56.6 Å². The molecule has 0 aliphatic carbocycles. The van der Waals surface area contributed by atoms with E-state index >= 15 is 0 Å². The van der Waals surface area contributed by atoms with E-state index < -0.39 is 0 Å². The molecule has 0 N–H and O–H groups in total. The molecule has 0 amide bonds. The van der Waals surface area contributed by atoms with Crippen LogP contribution in [0.2, 0.25) is 5.02 Å². The lowest BCUT2D eigenvalue weighted by Gasteiger charge is -2.32. The van der Waals surface area contributed by atoms with Crippen LogP contribution < -0.4 is 0 Å². The van der Waals surface area contributed by atoms with Gasteiger partial charge in [0, 0.05) is 11.1 Å². The summed E-state index contributed by atoms with van der Waals surface area (Å²) in [5.41, 5.74) is 0.979. The second-order valence-corrected chi connectivity index (χ2v) is 4.91. The molecule has 1 aromatic rings. The smallest absolute Gasteiger partial charge is 0.125 e. The van der Waals surface area contributed by atoms with Crippen LogP contribution in [0.4, 0.5) is 4.39 Å². The van der Waals surface area contributed by atoms with Crippen LogP contribution in [0.5, 0.6) is 0 Å². The number of nitrogens with zero attached hydrogens (tertiary/aromatic N) is 1. The Kier molecular flexibility index (Phi) is 3.82. The van der Waals surface area contributed by atoms with Crippen molar-refractivity contribution in [2.75, 3.05) is 13.1 Å². The van der Waals surface area contributed by atoms with Crippen molar-refractivity contribution >= 4 is 11.6 Å². The molecule has 0 bridgehead atoms. The number of likely N-dealkylation sites (tertiary alicyclic amines) is 1. The Morgan fingerprint density at radius 2 is 1.88 bits per heavy atom. The Hall–Kier alpha value is -0.600. The first-order chi connectivity index (χ1) is 7.66. The second-order valence-electron chi connectivity index (χ2n) is 4.48. The minimum Gasteiger partial charge on any atom is -0.297 e. The summed E-state index contributed by atoms with van der Waals surface area (Å²) in [6.07, 6.45) is 3.80. The third kappa shape index (κ3) is 2.74. The molecule has 1 atom stereocenters. The summed E-state index contributed by atoms with van der Waals surface area (Å²) in [4.78, 5) is 2.40. The van der Waals surface area contributed by atoms with E-state index in [1.807, 2.05) is 6.07 Å². The average molecular weight is 242 g/mol. The van der Waals surface area contributed by atoms with E-state index in [4.69, 9.17) is 11.6 Å². The highest BCUT2D eigenvalue weighted by Crippen LogP contribution is 2.26. The molecule has 0 aromatic heterocycles. The first-order valence-corrected chi connectivity index (χ1v) is 6.24. The minimum absolute atomic E-state index is 0.244. The molecule has 0 radical (unpaired) electrons. The molecule has 1 aliphatic rings. The molecule has 0 spiro atoms. The van der Waals surface area contributed by atoms with Crippen LogP contribution >= 0.6 is 11.6 Å². The van der Waals surface area contributed by atoms with Gasteiger partial charge in [0.2, 0.25) is 0 Å². The lowest BCUT2D eigenvalue weighted by Crippen LogP contribution is -2.32. The highest BCUT2D eigenvalue weighted by molar-refractivity contribution is 6.30. The molecule has 3 heteroatoms. The molecule has 1 heterocycles. The largest absolute Gasteiger partial charge is 0.297 e. The molecule has 2 rings (SSSR count). The summed E-state index contributed by atoms with van der Waals surface area (Å²) in [5, 5.41) is 0.485. The summed E-state index contributed by atoms with van der Waals surface area (Å²) in [6, 6.07) is 5.07. The van der Waals surface area contributed by atoms with E-state index in [0.717, 1.165) is 18.7 Å². The number of halogens is 2. The summed E-state index contributed by atoms with van der Waals surface area (Å²) < 4.78 is 13.3. The predicted molar refractivity (Wildman–Crippen MR) is 65.2 cm³/mol. The van der Waals surface area contributed by atoms with Crippen molar-refractivity contribution in [3.8, 4) is 0 Å². The molecule has 0 saturated carbocycles. The van der Waals surface area contributed by atoms with Gasteiger partial charge in [0.25, 0.3) is 0 Å². The molecule has 88 valence electrons. The Balaban J connectivity index is 2.15. The van der Waals surface area contributed by atoms with E-state index in [1.165, 1.54) is 25.3 Å². The van der Waals surface area contributed by atoms with Crippen molar-refractivity contribution in [3.63, 3.8) is 0 Å². The standard InChI is InChI=1S/C13H17ClFN/c1-10(16-5-3-2-4-6-16)11-7-12(14)9-13(15)8-11/h7-10H,2-6H2,1H3. The third-order valence-corrected chi connectivity index (χ3v) is 3.52. The van der Waals surface area contributed by atoms with Crippen LogP contribution in [0, 0.1) is 5.82 Å². The number of benzene rings is 1. The molecule has 1 nitrogen and oxygen atoms in total. The van der Waals surface area contributed by atoms with Crippen LogP contribution in [0.15, 0.2) is 18.2 Å². The highest BCUT2D eigenvalue weighted by Gasteiger charge is 2.18. The van der Waals surface area contributed by atoms with Crippen LogP contribution in [0.1, 0.15) is 37.8 Å². The Labute approximate surface area is 101 Å². The van der Waals surface area contributed by atoms with Gasteiger partial charge >= 0.3 is 0 Å². The molecular weight excluding hydrogens is 225 g/mol. The predicted octanol–water partition coefficient (Wildman–Crippen LogP) is 4.03. The first kappa shape index (κ1) is 11.9. The normalized spacial score (nSPS) is 19.7. The maximum Gasteiger partial charge on any atom is 0.125 e.